The average molecular weight is 350 g/mol. The average Bonchev–Trinajstić information content (AvgIpc) is 2.67. The van der Waals surface area contributed by atoms with Crippen molar-refractivity contribution < 1.29 is 4.79 Å². The Balaban J connectivity index is 1.60. The molecule has 0 aliphatic carbocycles. The van der Waals surface area contributed by atoms with Gasteiger partial charge in [0, 0.05) is 41.8 Å². The topological polar surface area (TPSA) is 54.9 Å². The Labute approximate surface area is 151 Å². The number of hydrogen-bond donors (Lipinski definition) is 1. The lowest BCUT2D eigenvalue weighted by molar-refractivity contribution is -0.116. The number of nitrogens with one attached hydrogen (secondary N) is 1. The SMILES string of the molecule is O=C(C=Cc1ccc(Cl)cc1)NCc1ccnc(-c2cccnc2)c1. The van der Waals surface area contributed by atoms with E-state index in [9.17, 15) is 4.79 Å². The van der Waals surface area contributed by atoms with E-state index in [4.69, 9.17) is 11.6 Å². The van der Waals surface area contributed by atoms with Crippen molar-refractivity contribution >= 4 is 23.6 Å². The van der Waals surface area contributed by atoms with E-state index in [-0.39, 0.29) is 5.91 Å². The van der Waals surface area contributed by atoms with Crippen LogP contribution in [0.15, 0.2) is 73.2 Å². The number of rotatable bonds is 5. The van der Waals surface area contributed by atoms with Gasteiger partial charge in [0.15, 0.2) is 0 Å². The fourth-order valence-corrected chi connectivity index (χ4v) is 2.38. The van der Waals surface area contributed by atoms with Crippen LogP contribution in [-0.2, 0) is 11.3 Å². The van der Waals surface area contributed by atoms with E-state index in [2.05, 4.69) is 15.3 Å². The molecule has 0 aliphatic heterocycles. The Kier molecular flexibility index (Phi) is 5.54. The number of pyridine rings is 2. The Morgan fingerprint density at radius 1 is 1.12 bits per heavy atom. The van der Waals surface area contributed by atoms with Gasteiger partial charge in [-0.2, -0.15) is 0 Å². The summed E-state index contributed by atoms with van der Waals surface area (Å²) in [5.41, 5.74) is 3.67. The second kappa shape index (κ2) is 8.22. The van der Waals surface area contributed by atoms with Gasteiger partial charge in [0.2, 0.25) is 5.91 Å². The summed E-state index contributed by atoms with van der Waals surface area (Å²) >= 11 is 5.84. The highest BCUT2D eigenvalue weighted by Gasteiger charge is 2.02. The Bertz CT molecular complexity index is 877. The van der Waals surface area contributed by atoms with Gasteiger partial charge in [-0.3, -0.25) is 14.8 Å². The molecule has 25 heavy (non-hydrogen) atoms. The van der Waals surface area contributed by atoms with Crippen LogP contribution in [0.25, 0.3) is 17.3 Å². The zero-order valence-electron chi connectivity index (χ0n) is 13.4. The number of nitrogens with zero attached hydrogens (tertiary/aromatic N) is 2. The molecule has 0 atom stereocenters. The largest absolute Gasteiger partial charge is 0.348 e. The zero-order chi connectivity index (χ0) is 17.5. The van der Waals surface area contributed by atoms with E-state index in [1.165, 1.54) is 6.08 Å². The minimum atomic E-state index is -0.158. The van der Waals surface area contributed by atoms with Gasteiger partial charge in [-0.25, -0.2) is 0 Å². The fourth-order valence-electron chi connectivity index (χ4n) is 2.25. The van der Waals surface area contributed by atoms with Crippen LogP contribution in [0, 0.1) is 0 Å². The molecule has 0 radical (unpaired) electrons. The predicted molar refractivity (Wildman–Crippen MR) is 99.8 cm³/mol. The molecular formula is C20H16ClN3O. The quantitative estimate of drug-likeness (QED) is 0.705. The van der Waals surface area contributed by atoms with E-state index in [0.29, 0.717) is 11.6 Å². The third-order valence-electron chi connectivity index (χ3n) is 3.55. The van der Waals surface area contributed by atoms with Crippen molar-refractivity contribution in [2.45, 2.75) is 6.54 Å². The molecule has 0 bridgehead atoms. The minimum absolute atomic E-state index is 0.158. The lowest BCUT2D eigenvalue weighted by Crippen LogP contribution is -2.20. The molecule has 3 aromatic rings. The molecule has 5 heteroatoms. The molecule has 0 saturated heterocycles. The van der Waals surface area contributed by atoms with Gasteiger partial charge < -0.3 is 5.32 Å². The van der Waals surface area contributed by atoms with Crippen molar-refractivity contribution in [2.75, 3.05) is 0 Å². The van der Waals surface area contributed by atoms with Gasteiger partial charge in [0.05, 0.1) is 5.69 Å². The van der Waals surface area contributed by atoms with Crippen molar-refractivity contribution in [1.82, 2.24) is 15.3 Å². The van der Waals surface area contributed by atoms with Crippen molar-refractivity contribution in [2.24, 2.45) is 0 Å². The van der Waals surface area contributed by atoms with Crippen LogP contribution in [0.3, 0.4) is 0 Å². The maximum Gasteiger partial charge on any atom is 0.244 e. The van der Waals surface area contributed by atoms with Crippen LogP contribution in [0.5, 0.6) is 0 Å². The van der Waals surface area contributed by atoms with Crippen LogP contribution in [0.1, 0.15) is 11.1 Å². The maximum absolute atomic E-state index is 12.0. The molecule has 1 N–H and O–H groups in total. The summed E-state index contributed by atoms with van der Waals surface area (Å²) in [6.45, 7) is 0.430. The summed E-state index contributed by atoms with van der Waals surface area (Å²) in [4.78, 5) is 20.4. The van der Waals surface area contributed by atoms with Crippen molar-refractivity contribution in [3.63, 3.8) is 0 Å². The van der Waals surface area contributed by atoms with Crippen LogP contribution in [0.4, 0.5) is 0 Å². The first-order chi connectivity index (χ1) is 12.2. The Morgan fingerprint density at radius 3 is 2.72 bits per heavy atom. The summed E-state index contributed by atoms with van der Waals surface area (Å²) in [5.74, 6) is -0.158. The molecule has 0 fully saturated rings. The van der Waals surface area contributed by atoms with Crippen LogP contribution in [0.2, 0.25) is 5.02 Å². The van der Waals surface area contributed by atoms with E-state index < -0.39 is 0 Å². The fraction of sp³-hybridized carbons (Fsp3) is 0.0500. The number of amides is 1. The van der Waals surface area contributed by atoms with Crippen molar-refractivity contribution in [3.8, 4) is 11.3 Å². The maximum atomic E-state index is 12.0. The van der Waals surface area contributed by atoms with E-state index >= 15 is 0 Å². The molecule has 1 amide bonds. The molecule has 0 aliphatic rings. The Hall–Kier alpha value is -2.98. The normalized spacial score (nSPS) is 10.8. The number of benzene rings is 1. The molecule has 1 aromatic carbocycles. The third-order valence-corrected chi connectivity index (χ3v) is 3.80. The smallest absolute Gasteiger partial charge is 0.244 e. The number of aromatic nitrogens is 2. The van der Waals surface area contributed by atoms with E-state index in [0.717, 1.165) is 22.4 Å². The molecule has 2 aromatic heterocycles. The van der Waals surface area contributed by atoms with Crippen LogP contribution >= 0.6 is 11.6 Å². The van der Waals surface area contributed by atoms with Gasteiger partial charge >= 0.3 is 0 Å². The zero-order valence-corrected chi connectivity index (χ0v) is 14.1. The summed E-state index contributed by atoms with van der Waals surface area (Å²) < 4.78 is 0. The summed E-state index contributed by atoms with van der Waals surface area (Å²) in [7, 11) is 0. The first kappa shape index (κ1) is 16.9. The molecule has 4 nitrogen and oxygen atoms in total. The van der Waals surface area contributed by atoms with Gasteiger partial charge in [0.25, 0.3) is 0 Å². The summed E-state index contributed by atoms with van der Waals surface area (Å²) in [6.07, 6.45) is 8.47. The van der Waals surface area contributed by atoms with Gasteiger partial charge in [-0.05, 0) is 53.6 Å². The van der Waals surface area contributed by atoms with Crippen molar-refractivity contribution in [1.29, 1.82) is 0 Å². The first-order valence-corrected chi connectivity index (χ1v) is 8.15. The second-order valence-electron chi connectivity index (χ2n) is 5.39. The number of halogens is 1. The minimum Gasteiger partial charge on any atom is -0.348 e. The number of hydrogen-bond acceptors (Lipinski definition) is 3. The standard InChI is InChI=1S/C20H16ClN3O/c21-18-6-3-15(4-7-18)5-8-20(25)24-13-16-9-11-23-19(12-16)17-2-1-10-22-14-17/h1-12,14H,13H2,(H,24,25). The molecule has 3 rings (SSSR count). The highest BCUT2D eigenvalue weighted by Crippen LogP contribution is 2.16. The first-order valence-electron chi connectivity index (χ1n) is 7.77. The van der Waals surface area contributed by atoms with Gasteiger partial charge in [-0.1, -0.05) is 23.7 Å². The van der Waals surface area contributed by atoms with Gasteiger partial charge in [-0.15, -0.1) is 0 Å². The molecule has 2 heterocycles. The van der Waals surface area contributed by atoms with E-state index in [1.54, 1.807) is 36.8 Å². The molecule has 0 unspecified atom stereocenters. The molecule has 0 saturated carbocycles. The monoisotopic (exact) mass is 349 g/mol. The Morgan fingerprint density at radius 2 is 1.96 bits per heavy atom. The highest BCUT2D eigenvalue weighted by atomic mass is 35.5. The predicted octanol–water partition coefficient (Wildman–Crippen LogP) is 4.13. The number of carbonyl (C=O) groups excluding carboxylic acids is 1. The highest BCUT2D eigenvalue weighted by molar-refractivity contribution is 6.30. The molecular weight excluding hydrogens is 334 g/mol. The lowest BCUT2D eigenvalue weighted by atomic mass is 10.1. The van der Waals surface area contributed by atoms with Crippen LogP contribution < -0.4 is 5.32 Å². The summed E-state index contributed by atoms with van der Waals surface area (Å²) in [5, 5.41) is 3.53. The third kappa shape index (κ3) is 4.99. The summed E-state index contributed by atoms with van der Waals surface area (Å²) in [6, 6.07) is 14.9. The van der Waals surface area contributed by atoms with Gasteiger partial charge in [0.1, 0.15) is 0 Å². The molecule has 0 spiro atoms. The van der Waals surface area contributed by atoms with Crippen molar-refractivity contribution in [3.05, 3.63) is 89.3 Å². The molecule has 124 valence electrons. The van der Waals surface area contributed by atoms with Crippen LogP contribution in [-0.4, -0.2) is 15.9 Å². The van der Waals surface area contributed by atoms with E-state index in [1.807, 2.05) is 36.4 Å². The number of carbonyl (C=O) groups is 1. The second-order valence-corrected chi connectivity index (χ2v) is 5.83. The lowest BCUT2D eigenvalue weighted by Gasteiger charge is -2.05.